The highest BCUT2D eigenvalue weighted by molar-refractivity contribution is 7.89. The molecule has 1 aliphatic carbocycles. The Balaban J connectivity index is 1.54. The standard InChI is InChI=1S/C23H35N3O4S/c1-5-25-16-20-22(10-11-23(20,17-25)21(27)24(2)3)12-14-26(15-13-22)31(28,29)19-8-6-18(30-4)7-9-19/h6-9,20H,5,10-17H2,1-4H3/t20-,23+/m0/s1. The molecule has 172 valence electrons. The Hall–Kier alpha value is -1.64. The third-order valence-electron chi connectivity index (χ3n) is 8.12. The van der Waals surface area contributed by atoms with Crippen molar-refractivity contribution in [3.63, 3.8) is 0 Å². The lowest BCUT2D eigenvalue weighted by molar-refractivity contribution is -0.141. The molecule has 2 heterocycles. The van der Waals surface area contributed by atoms with E-state index in [4.69, 9.17) is 4.74 Å². The van der Waals surface area contributed by atoms with Crippen LogP contribution in [0, 0.1) is 16.7 Å². The van der Waals surface area contributed by atoms with E-state index in [1.807, 2.05) is 14.1 Å². The number of nitrogens with zero attached hydrogens (tertiary/aromatic N) is 3. The van der Waals surface area contributed by atoms with Gasteiger partial charge >= 0.3 is 0 Å². The van der Waals surface area contributed by atoms with Crippen LogP contribution in [-0.2, 0) is 14.8 Å². The summed E-state index contributed by atoms with van der Waals surface area (Å²) in [6.07, 6.45) is 3.59. The van der Waals surface area contributed by atoms with Gasteiger partial charge in [-0.25, -0.2) is 8.42 Å². The van der Waals surface area contributed by atoms with E-state index >= 15 is 0 Å². The third kappa shape index (κ3) is 3.56. The van der Waals surface area contributed by atoms with Crippen LogP contribution in [-0.4, -0.2) is 82.4 Å². The maximum atomic E-state index is 13.3. The zero-order chi connectivity index (χ0) is 22.4. The molecule has 3 fully saturated rings. The molecule has 4 rings (SSSR count). The minimum absolute atomic E-state index is 0.0571. The average molecular weight is 450 g/mol. The summed E-state index contributed by atoms with van der Waals surface area (Å²) in [5, 5.41) is 0. The van der Waals surface area contributed by atoms with Crippen molar-refractivity contribution in [3.05, 3.63) is 24.3 Å². The monoisotopic (exact) mass is 449 g/mol. The van der Waals surface area contributed by atoms with E-state index in [0.717, 1.165) is 45.3 Å². The smallest absolute Gasteiger partial charge is 0.243 e. The molecule has 1 aromatic carbocycles. The number of likely N-dealkylation sites (tertiary alicyclic amines) is 1. The molecule has 3 aliphatic rings. The maximum Gasteiger partial charge on any atom is 0.243 e. The van der Waals surface area contributed by atoms with Gasteiger partial charge in [0.05, 0.1) is 17.4 Å². The number of amides is 1. The van der Waals surface area contributed by atoms with Gasteiger partial charge in [0, 0.05) is 40.3 Å². The van der Waals surface area contributed by atoms with E-state index in [1.54, 1.807) is 40.6 Å². The third-order valence-corrected chi connectivity index (χ3v) is 10.0. The van der Waals surface area contributed by atoms with Gasteiger partial charge in [-0.3, -0.25) is 4.79 Å². The minimum Gasteiger partial charge on any atom is -0.497 e. The summed E-state index contributed by atoms with van der Waals surface area (Å²) in [5.41, 5.74) is -0.252. The summed E-state index contributed by atoms with van der Waals surface area (Å²) in [5.74, 6) is 1.20. The van der Waals surface area contributed by atoms with Gasteiger partial charge in [-0.2, -0.15) is 4.31 Å². The quantitative estimate of drug-likeness (QED) is 0.690. The van der Waals surface area contributed by atoms with Gasteiger partial charge < -0.3 is 14.5 Å². The molecule has 1 spiro atoms. The van der Waals surface area contributed by atoms with Gasteiger partial charge in [0.1, 0.15) is 5.75 Å². The highest BCUT2D eigenvalue weighted by Crippen LogP contribution is 2.62. The van der Waals surface area contributed by atoms with Crippen LogP contribution in [0.4, 0.5) is 0 Å². The van der Waals surface area contributed by atoms with E-state index in [9.17, 15) is 13.2 Å². The number of piperidine rings is 1. The summed E-state index contributed by atoms with van der Waals surface area (Å²) in [6.45, 7) is 5.92. The van der Waals surface area contributed by atoms with Crippen LogP contribution in [0.3, 0.4) is 0 Å². The lowest BCUT2D eigenvalue weighted by Crippen LogP contribution is -2.49. The van der Waals surface area contributed by atoms with Crippen molar-refractivity contribution in [1.29, 1.82) is 0 Å². The Morgan fingerprint density at radius 2 is 1.77 bits per heavy atom. The zero-order valence-corrected chi connectivity index (χ0v) is 20.0. The van der Waals surface area contributed by atoms with E-state index in [1.165, 1.54) is 0 Å². The second-order valence-electron chi connectivity index (χ2n) is 9.68. The van der Waals surface area contributed by atoms with Crippen molar-refractivity contribution in [3.8, 4) is 5.75 Å². The SMILES string of the molecule is CCN1C[C@H]2C3(CCN(S(=O)(=O)c4ccc(OC)cc4)CC3)CC[C@@]2(C(=O)N(C)C)C1. The van der Waals surface area contributed by atoms with Crippen molar-refractivity contribution in [2.24, 2.45) is 16.7 Å². The first kappa shape index (κ1) is 22.6. The Morgan fingerprint density at radius 3 is 2.32 bits per heavy atom. The van der Waals surface area contributed by atoms with E-state index < -0.39 is 10.0 Å². The summed E-state index contributed by atoms with van der Waals surface area (Å²) >= 11 is 0. The molecule has 0 N–H and O–H groups in total. The lowest BCUT2D eigenvalue weighted by atomic mass is 9.66. The summed E-state index contributed by atoms with van der Waals surface area (Å²) in [7, 11) is 1.76. The number of rotatable bonds is 5. The first-order chi connectivity index (χ1) is 14.7. The fourth-order valence-corrected chi connectivity index (χ4v) is 7.80. The van der Waals surface area contributed by atoms with Gasteiger partial charge in [-0.1, -0.05) is 6.92 Å². The van der Waals surface area contributed by atoms with Crippen molar-refractivity contribution < 1.29 is 17.9 Å². The fraction of sp³-hybridized carbons (Fsp3) is 0.696. The lowest BCUT2D eigenvalue weighted by Gasteiger charge is -2.44. The number of ether oxygens (including phenoxy) is 1. The van der Waals surface area contributed by atoms with Crippen molar-refractivity contribution in [2.45, 2.75) is 37.5 Å². The molecule has 2 aliphatic heterocycles. The highest BCUT2D eigenvalue weighted by atomic mass is 32.2. The molecular weight excluding hydrogens is 414 g/mol. The molecule has 1 saturated carbocycles. The average Bonchev–Trinajstić information content (AvgIpc) is 3.30. The maximum absolute atomic E-state index is 13.3. The van der Waals surface area contributed by atoms with Gasteiger partial charge in [0.2, 0.25) is 15.9 Å². The van der Waals surface area contributed by atoms with E-state index in [-0.39, 0.29) is 16.7 Å². The summed E-state index contributed by atoms with van der Waals surface area (Å²) in [4.78, 5) is 17.8. The van der Waals surface area contributed by atoms with Crippen molar-refractivity contribution in [1.82, 2.24) is 14.1 Å². The highest BCUT2D eigenvalue weighted by Gasteiger charge is 2.64. The number of methoxy groups -OCH3 is 1. The van der Waals surface area contributed by atoms with Crippen molar-refractivity contribution in [2.75, 3.05) is 53.9 Å². The number of hydrogen-bond acceptors (Lipinski definition) is 5. The Bertz CT molecular complexity index is 923. The summed E-state index contributed by atoms with van der Waals surface area (Å²) < 4.78 is 33.2. The van der Waals surface area contributed by atoms with Crippen LogP contribution in [0.1, 0.15) is 32.6 Å². The number of sulfonamides is 1. The molecular formula is C23H35N3O4S. The van der Waals surface area contributed by atoms with Crippen LogP contribution in [0.25, 0.3) is 0 Å². The van der Waals surface area contributed by atoms with Crippen LogP contribution in [0.5, 0.6) is 5.75 Å². The molecule has 0 radical (unpaired) electrons. The number of carbonyl (C=O) groups excluding carboxylic acids is 1. The first-order valence-electron chi connectivity index (χ1n) is 11.3. The molecule has 2 saturated heterocycles. The predicted octanol–water partition coefficient (Wildman–Crippen LogP) is 2.29. The number of benzene rings is 1. The van der Waals surface area contributed by atoms with Crippen molar-refractivity contribution >= 4 is 15.9 Å². The van der Waals surface area contributed by atoms with Crippen LogP contribution in [0.15, 0.2) is 29.2 Å². The predicted molar refractivity (Wildman–Crippen MR) is 119 cm³/mol. The number of hydrogen-bond donors (Lipinski definition) is 0. The van der Waals surface area contributed by atoms with E-state index in [0.29, 0.717) is 29.7 Å². The molecule has 8 heteroatoms. The Labute approximate surface area is 186 Å². The molecule has 1 aromatic rings. The van der Waals surface area contributed by atoms with Gasteiger partial charge in [-0.15, -0.1) is 0 Å². The van der Waals surface area contributed by atoms with Crippen LogP contribution >= 0.6 is 0 Å². The minimum atomic E-state index is -3.52. The second-order valence-corrected chi connectivity index (χ2v) is 11.6. The second kappa shape index (κ2) is 8.05. The number of fused-ring (bicyclic) bond motifs is 2. The normalized spacial score (nSPS) is 28.6. The Morgan fingerprint density at radius 1 is 1.13 bits per heavy atom. The molecule has 1 amide bonds. The van der Waals surface area contributed by atoms with Crippen LogP contribution in [0.2, 0.25) is 0 Å². The molecule has 0 aromatic heterocycles. The number of carbonyl (C=O) groups is 1. The van der Waals surface area contributed by atoms with Gasteiger partial charge in [-0.05, 0) is 67.8 Å². The molecule has 7 nitrogen and oxygen atoms in total. The van der Waals surface area contributed by atoms with Gasteiger partial charge in [0.15, 0.2) is 0 Å². The van der Waals surface area contributed by atoms with Gasteiger partial charge in [0.25, 0.3) is 0 Å². The molecule has 31 heavy (non-hydrogen) atoms. The van der Waals surface area contributed by atoms with E-state index in [2.05, 4.69) is 11.8 Å². The summed E-state index contributed by atoms with van der Waals surface area (Å²) in [6, 6.07) is 6.61. The fourth-order valence-electron chi connectivity index (χ4n) is 6.36. The molecule has 0 bridgehead atoms. The molecule has 0 unspecified atom stereocenters. The first-order valence-corrected chi connectivity index (χ1v) is 12.7. The largest absolute Gasteiger partial charge is 0.497 e. The van der Waals surface area contributed by atoms with Crippen LogP contribution < -0.4 is 4.74 Å². The molecule has 2 atom stereocenters. The topological polar surface area (TPSA) is 70.2 Å². The Kier molecular flexibility index (Phi) is 5.85. The zero-order valence-electron chi connectivity index (χ0n) is 19.1.